The molecule has 0 amide bonds. The van der Waals surface area contributed by atoms with Crippen molar-refractivity contribution in [2.75, 3.05) is 10.6 Å². The molecule has 0 aliphatic carbocycles. The Hall–Kier alpha value is -2.80. The molecule has 1 heterocycles. The van der Waals surface area contributed by atoms with E-state index < -0.39 is 0 Å². The summed E-state index contributed by atoms with van der Waals surface area (Å²) in [5.74, 6) is 0.900. The van der Waals surface area contributed by atoms with E-state index in [2.05, 4.69) is 41.7 Å². The Morgan fingerprint density at radius 3 is 2.71 bits per heavy atom. The maximum Gasteiger partial charge on any atom is 0.249 e. The van der Waals surface area contributed by atoms with Gasteiger partial charge in [0.05, 0.1) is 11.9 Å². The van der Waals surface area contributed by atoms with E-state index in [1.165, 1.54) is 13.1 Å². The predicted octanol–water partition coefficient (Wildman–Crippen LogP) is 4.32. The van der Waals surface area contributed by atoms with Gasteiger partial charge in [-0.3, -0.25) is 4.79 Å². The summed E-state index contributed by atoms with van der Waals surface area (Å²) in [5, 5.41) is 14.1. The summed E-state index contributed by atoms with van der Waals surface area (Å²) in [5.41, 5.74) is 2.22. The number of carbonyl (C=O) groups is 1. The zero-order valence-corrected chi connectivity index (χ0v) is 14.4. The number of para-hydroxylation sites is 1. The van der Waals surface area contributed by atoms with Crippen LogP contribution in [0.25, 0.3) is 0 Å². The summed E-state index contributed by atoms with van der Waals surface area (Å²) < 4.78 is 0.923. The second kappa shape index (κ2) is 7.18. The standard InChI is InChI=1S/C17H14BrN5O/c1-11(24)12-5-4-6-13(9-12)20-17-22-16(10-19-23-17)21-15-8-3-2-7-14(15)18/h2-10H,1H3,(H2,20,21,22,23). The third-order valence-electron chi connectivity index (χ3n) is 3.22. The van der Waals surface area contributed by atoms with E-state index in [4.69, 9.17) is 0 Å². The molecule has 0 unspecified atom stereocenters. The van der Waals surface area contributed by atoms with Crippen LogP contribution in [-0.4, -0.2) is 21.0 Å². The van der Waals surface area contributed by atoms with Crippen LogP contribution in [0.4, 0.5) is 23.1 Å². The molecule has 0 aliphatic heterocycles. The molecular formula is C17H14BrN5O. The number of carbonyl (C=O) groups excluding carboxylic acids is 1. The van der Waals surface area contributed by atoms with E-state index in [1.807, 2.05) is 30.3 Å². The maximum atomic E-state index is 11.5. The average molecular weight is 384 g/mol. The Morgan fingerprint density at radius 2 is 1.92 bits per heavy atom. The second-order valence-electron chi connectivity index (χ2n) is 5.03. The lowest BCUT2D eigenvalue weighted by atomic mass is 10.1. The molecule has 1 aromatic heterocycles. The van der Waals surface area contributed by atoms with Crippen molar-refractivity contribution < 1.29 is 4.79 Å². The number of ketones is 1. The van der Waals surface area contributed by atoms with E-state index in [1.54, 1.807) is 18.2 Å². The van der Waals surface area contributed by atoms with Gasteiger partial charge in [0.2, 0.25) is 5.95 Å². The smallest absolute Gasteiger partial charge is 0.249 e. The fraction of sp³-hybridized carbons (Fsp3) is 0.0588. The number of anilines is 4. The molecule has 0 atom stereocenters. The molecule has 0 aliphatic rings. The SMILES string of the molecule is CC(=O)c1cccc(Nc2nncc(Nc3ccccc3Br)n2)c1. The van der Waals surface area contributed by atoms with Crippen molar-refractivity contribution >= 4 is 44.9 Å². The lowest BCUT2D eigenvalue weighted by Crippen LogP contribution is -2.03. The fourth-order valence-electron chi connectivity index (χ4n) is 2.06. The first-order valence-corrected chi connectivity index (χ1v) is 8.00. The van der Waals surface area contributed by atoms with E-state index in [-0.39, 0.29) is 5.78 Å². The highest BCUT2D eigenvalue weighted by molar-refractivity contribution is 9.10. The Labute approximate surface area is 147 Å². The number of benzene rings is 2. The molecule has 0 spiro atoms. The van der Waals surface area contributed by atoms with Gasteiger partial charge < -0.3 is 10.6 Å². The van der Waals surface area contributed by atoms with Gasteiger partial charge in [-0.05, 0) is 47.1 Å². The van der Waals surface area contributed by atoms with Gasteiger partial charge in [-0.1, -0.05) is 24.3 Å². The first-order valence-electron chi connectivity index (χ1n) is 7.21. The topological polar surface area (TPSA) is 79.8 Å². The predicted molar refractivity (Wildman–Crippen MR) is 97.0 cm³/mol. The van der Waals surface area contributed by atoms with Crippen molar-refractivity contribution in [3.8, 4) is 0 Å². The molecule has 2 aromatic carbocycles. The fourth-order valence-corrected chi connectivity index (χ4v) is 2.45. The number of nitrogens with zero attached hydrogens (tertiary/aromatic N) is 3. The van der Waals surface area contributed by atoms with E-state index in [0.29, 0.717) is 17.3 Å². The van der Waals surface area contributed by atoms with E-state index in [9.17, 15) is 4.79 Å². The minimum atomic E-state index is 0.00189. The van der Waals surface area contributed by atoms with Crippen LogP contribution in [0.2, 0.25) is 0 Å². The van der Waals surface area contributed by atoms with Crippen LogP contribution in [0.15, 0.2) is 59.2 Å². The molecule has 0 saturated heterocycles. The normalized spacial score (nSPS) is 10.2. The average Bonchev–Trinajstić information content (AvgIpc) is 2.57. The van der Waals surface area contributed by atoms with Gasteiger partial charge in [-0.25, -0.2) is 0 Å². The van der Waals surface area contributed by atoms with Crippen molar-refractivity contribution in [2.45, 2.75) is 6.92 Å². The molecular weight excluding hydrogens is 370 g/mol. The van der Waals surface area contributed by atoms with E-state index in [0.717, 1.165) is 15.8 Å². The minimum Gasteiger partial charge on any atom is -0.338 e. The van der Waals surface area contributed by atoms with Gasteiger partial charge >= 0.3 is 0 Å². The highest BCUT2D eigenvalue weighted by Crippen LogP contribution is 2.24. The first kappa shape index (κ1) is 16.1. The third-order valence-corrected chi connectivity index (χ3v) is 3.91. The summed E-state index contributed by atoms with van der Waals surface area (Å²) in [6.07, 6.45) is 1.54. The molecule has 120 valence electrons. The number of hydrogen-bond donors (Lipinski definition) is 2. The van der Waals surface area contributed by atoms with Crippen molar-refractivity contribution in [1.29, 1.82) is 0 Å². The molecule has 7 heteroatoms. The van der Waals surface area contributed by atoms with Gasteiger partial charge in [-0.2, -0.15) is 10.1 Å². The highest BCUT2D eigenvalue weighted by atomic mass is 79.9. The molecule has 0 radical (unpaired) electrons. The van der Waals surface area contributed by atoms with Gasteiger partial charge in [0.15, 0.2) is 11.6 Å². The van der Waals surface area contributed by atoms with Crippen LogP contribution in [0.5, 0.6) is 0 Å². The number of aromatic nitrogens is 3. The van der Waals surface area contributed by atoms with Crippen LogP contribution in [0.1, 0.15) is 17.3 Å². The van der Waals surface area contributed by atoms with Crippen LogP contribution in [-0.2, 0) is 0 Å². The number of Topliss-reactive ketones (excluding diaryl/α,β-unsaturated/α-hetero) is 1. The van der Waals surface area contributed by atoms with Gasteiger partial charge in [0.25, 0.3) is 0 Å². The summed E-state index contributed by atoms with van der Waals surface area (Å²) in [6, 6.07) is 14.9. The quantitative estimate of drug-likeness (QED) is 0.638. The monoisotopic (exact) mass is 383 g/mol. The molecule has 0 fully saturated rings. The Bertz CT molecular complexity index is 884. The molecule has 3 rings (SSSR count). The number of nitrogens with one attached hydrogen (secondary N) is 2. The molecule has 2 N–H and O–H groups in total. The summed E-state index contributed by atoms with van der Waals surface area (Å²) in [7, 11) is 0. The van der Waals surface area contributed by atoms with E-state index >= 15 is 0 Å². The number of halogens is 1. The summed E-state index contributed by atoms with van der Waals surface area (Å²) in [4.78, 5) is 15.8. The van der Waals surface area contributed by atoms with Crippen molar-refractivity contribution in [2.24, 2.45) is 0 Å². The van der Waals surface area contributed by atoms with Gasteiger partial charge in [-0.15, -0.1) is 5.10 Å². The lowest BCUT2D eigenvalue weighted by molar-refractivity contribution is 0.101. The highest BCUT2D eigenvalue weighted by Gasteiger charge is 2.05. The largest absolute Gasteiger partial charge is 0.338 e. The molecule has 0 saturated carbocycles. The molecule has 0 bridgehead atoms. The number of hydrogen-bond acceptors (Lipinski definition) is 6. The zero-order valence-electron chi connectivity index (χ0n) is 12.8. The first-order chi connectivity index (χ1) is 11.6. The van der Waals surface area contributed by atoms with Crippen LogP contribution >= 0.6 is 15.9 Å². The summed E-state index contributed by atoms with van der Waals surface area (Å²) >= 11 is 3.47. The van der Waals surface area contributed by atoms with Crippen LogP contribution < -0.4 is 10.6 Å². The van der Waals surface area contributed by atoms with Crippen molar-refractivity contribution in [3.63, 3.8) is 0 Å². The lowest BCUT2D eigenvalue weighted by Gasteiger charge is -2.09. The Morgan fingerprint density at radius 1 is 1.08 bits per heavy atom. The minimum absolute atomic E-state index is 0.00189. The Balaban J connectivity index is 1.79. The van der Waals surface area contributed by atoms with Crippen molar-refractivity contribution in [3.05, 3.63) is 64.8 Å². The molecule has 24 heavy (non-hydrogen) atoms. The summed E-state index contributed by atoms with van der Waals surface area (Å²) in [6.45, 7) is 1.53. The Kier molecular flexibility index (Phi) is 4.81. The third kappa shape index (κ3) is 3.94. The molecule has 3 aromatic rings. The van der Waals surface area contributed by atoms with Gasteiger partial charge in [0, 0.05) is 15.7 Å². The number of rotatable bonds is 5. The second-order valence-corrected chi connectivity index (χ2v) is 5.89. The van der Waals surface area contributed by atoms with Gasteiger partial charge in [0.1, 0.15) is 0 Å². The van der Waals surface area contributed by atoms with Crippen LogP contribution in [0.3, 0.4) is 0 Å². The van der Waals surface area contributed by atoms with Crippen LogP contribution in [0, 0.1) is 0 Å². The van der Waals surface area contributed by atoms with Crippen molar-refractivity contribution in [1.82, 2.24) is 15.2 Å². The zero-order chi connectivity index (χ0) is 16.9. The molecule has 6 nitrogen and oxygen atoms in total. The maximum absolute atomic E-state index is 11.5.